The molecule has 78 valence electrons. The summed E-state index contributed by atoms with van der Waals surface area (Å²) in [5.41, 5.74) is 0. The summed E-state index contributed by atoms with van der Waals surface area (Å²) in [6, 6.07) is 2.57. The summed E-state index contributed by atoms with van der Waals surface area (Å²) in [6.45, 7) is 2.38. The van der Waals surface area contributed by atoms with Gasteiger partial charge in [-0.3, -0.25) is 0 Å². The van der Waals surface area contributed by atoms with Crippen molar-refractivity contribution in [2.24, 2.45) is 17.8 Å². The Morgan fingerprint density at radius 2 is 1.71 bits per heavy atom. The van der Waals surface area contributed by atoms with E-state index in [0.29, 0.717) is 11.8 Å². The highest BCUT2D eigenvalue weighted by Gasteiger charge is 2.34. The Morgan fingerprint density at radius 1 is 1.14 bits per heavy atom. The Kier molecular flexibility index (Phi) is 3.08. The highest BCUT2D eigenvalue weighted by atomic mass is 15.1. The lowest BCUT2D eigenvalue weighted by molar-refractivity contribution is 0.126. The summed E-state index contributed by atoms with van der Waals surface area (Å²) in [5.74, 6) is 1.81. The van der Waals surface area contributed by atoms with Crippen LogP contribution in [0.15, 0.2) is 0 Å². The molecule has 0 aromatic rings. The van der Waals surface area contributed by atoms with Crippen molar-refractivity contribution in [3.63, 3.8) is 0 Å². The van der Waals surface area contributed by atoms with Crippen molar-refractivity contribution >= 4 is 0 Å². The third-order valence-corrected chi connectivity index (χ3v) is 4.08. The van der Waals surface area contributed by atoms with E-state index in [9.17, 15) is 5.26 Å². The van der Waals surface area contributed by atoms with E-state index in [0.717, 1.165) is 5.92 Å². The van der Waals surface area contributed by atoms with E-state index in [-0.39, 0.29) is 0 Å². The van der Waals surface area contributed by atoms with Crippen LogP contribution in [0.5, 0.6) is 0 Å². The van der Waals surface area contributed by atoms with Crippen molar-refractivity contribution < 1.29 is 0 Å². The molecule has 2 rings (SSSR count). The minimum atomic E-state index is 0.373. The minimum Gasteiger partial charge on any atom is -0.306 e. The number of piperidine rings is 1. The molecule has 2 fully saturated rings. The standard InChI is InChI=1S/C12H20N2/c1-14-7-5-11(6-8-14)12(9-13)10-3-2-4-10/h10-12H,2-8H2,1H3. The maximum Gasteiger partial charge on any atom is 0.0661 e. The van der Waals surface area contributed by atoms with Crippen molar-refractivity contribution in [2.45, 2.75) is 32.1 Å². The first-order valence-electron chi connectivity index (χ1n) is 5.89. The van der Waals surface area contributed by atoms with Gasteiger partial charge >= 0.3 is 0 Å². The van der Waals surface area contributed by atoms with E-state index in [1.807, 2.05) is 0 Å². The zero-order valence-electron chi connectivity index (χ0n) is 9.08. The number of hydrogen-bond acceptors (Lipinski definition) is 2. The molecule has 0 spiro atoms. The molecule has 1 saturated carbocycles. The average Bonchev–Trinajstić information content (AvgIpc) is 2.13. The van der Waals surface area contributed by atoms with Crippen LogP contribution in [0.1, 0.15) is 32.1 Å². The van der Waals surface area contributed by atoms with Gasteiger partial charge in [0.2, 0.25) is 0 Å². The first-order valence-corrected chi connectivity index (χ1v) is 5.89. The Labute approximate surface area is 86.9 Å². The van der Waals surface area contributed by atoms with Crippen LogP contribution in [-0.2, 0) is 0 Å². The molecular weight excluding hydrogens is 172 g/mol. The lowest BCUT2D eigenvalue weighted by Gasteiger charge is -2.38. The molecule has 0 aromatic heterocycles. The number of hydrogen-bond donors (Lipinski definition) is 0. The highest BCUT2D eigenvalue weighted by molar-refractivity contribution is 4.96. The fraction of sp³-hybridized carbons (Fsp3) is 0.917. The van der Waals surface area contributed by atoms with Crippen LogP contribution in [0, 0.1) is 29.1 Å². The van der Waals surface area contributed by atoms with Crippen LogP contribution in [0.25, 0.3) is 0 Å². The molecule has 0 amide bonds. The second-order valence-electron chi connectivity index (χ2n) is 4.99. The van der Waals surface area contributed by atoms with Crippen LogP contribution < -0.4 is 0 Å². The molecule has 0 bridgehead atoms. The maximum absolute atomic E-state index is 9.22. The van der Waals surface area contributed by atoms with Gasteiger partial charge in [0.1, 0.15) is 0 Å². The van der Waals surface area contributed by atoms with Gasteiger partial charge in [0, 0.05) is 0 Å². The highest BCUT2D eigenvalue weighted by Crippen LogP contribution is 2.40. The summed E-state index contributed by atoms with van der Waals surface area (Å²) < 4.78 is 0. The summed E-state index contributed by atoms with van der Waals surface area (Å²) in [7, 11) is 2.18. The van der Waals surface area contributed by atoms with Gasteiger partial charge in [-0.1, -0.05) is 6.42 Å². The summed E-state index contributed by atoms with van der Waals surface area (Å²) >= 11 is 0. The van der Waals surface area contributed by atoms with Gasteiger partial charge in [-0.15, -0.1) is 0 Å². The number of nitrogens with zero attached hydrogens (tertiary/aromatic N) is 2. The third-order valence-electron chi connectivity index (χ3n) is 4.08. The fourth-order valence-electron chi connectivity index (χ4n) is 2.78. The van der Waals surface area contributed by atoms with Gasteiger partial charge in [0.25, 0.3) is 0 Å². The van der Waals surface area contributed by atoms with Crippen LogP contribution in [0.3, 0.4) is 0 Å². The molecule has 2 nitrogen and oxygen atoms in total. The second kappa shape index (κ2) is 4.31. The van der Waals surface area contributed by atoms with Crippen LogP contribution >= 0.6 is 0 Å². The van der Waals surface area contributed by atoms with Gasteiger partial charge in [-0.2, -0.15) is 5.26 Å². The molecule has 1 saturated heterocycles. The third kappa shape index (κ3) is 1.93. The average molecular weight is 192 g/mol. The lowest BCUT2D eigenvalue weighted by atomic mass is 9.69. The molecular formula is C12H20N2. The van der Waals surface area contributed by atoms with Crippen molar-refractivity contribution in [3.8, 4) is 6.07 Å². The first-order chi connectivity index (χ1) is 6.81. The van der Waals surface area contributed by atoms with Crippen molar-refractivity contribution in [1.82, 2.24) is 4.90 Å². The molecule has 1 heterocycles. The number of nitriles is 1. The van der Waals surface area contributed by atoms with E-state index in [2.05, 4.69) is 18.0 Å². The fourth-order valence-corrected chi connectivity index (χ4v) is 2.78. The van der Waals surface area contributed by atoms with Gasteiger partial charge in [0.15, 0.2) is 0 Å². The van der Waals surface area contributed by atoms with E-state index >= 15 is 0 Å². The Morgan fingerprint density at radius 3 is 2.14 bits per heavy atom. The monoisotopic (exact) mass is 192 g/mol. The zero-order chi connectivity index (χ0) is 9.97. The molecule has 1 atom stereocenters. The van der Waals surface area contributed by atoms with Crippen LogP contribution in [0.2, 0.25) is 0 Å². The molecule has 1 aliphatic carbocycles. The smallest absolute Gasteiger partial charge is 0.0661 e. The van der Waals surface area contributed by atoms with Crippen LogP contribution in [-0.4, -0.2) is 25.0 Å². The Balaban J connectivity index is 1.89. The minimum absolute atomic E-state index is 0.373. The SMILES string of the molecule is CN1CCC(C(C#N)C2CCC2)CC1. The maximum atomic E-state index is 9.22. The molecule has 1 unspecified atom stereocenters. The lowest BCUT2D eigenvalue weighted by Crippen LogP contribution is -2.36. The summed E-state index contributed by atoms with van der Waals surface area (Å²) in [4.78, 5) is 2.38. The van der Waals surface area contributed by atoms with Gasteiger partial charge < -0.3 is 4.90 Å². The van der Waals surface area contributed by atoms with Crippen molar-refractivity contribution in [3.05, 3.63) is 0 Å². The van der Waals surface area contributed by atoms with Gasteiger partial charge in [0.05, 0.1) is 12.0 Å². The second-order valence-corrected chi connectivity index (χ2v) is 4.99. The molecule has 2 heteroatoms. The quantitative estimate of drug-likeness (QED) is 0.671. The van der Waals surface area contributed by atoms with Crippen molar-refractivity contribution in [2.75, 3.05) is 20.1 Å². The molecule has 14 heavy (non-hydrogen) atoms. The Hall–Kier alpha value is -0.550. The first kappa shape index (κ1) is 9.98. The van der Waals surface area contributed by atoms with Crippen LogP contribution in [0.4, 0.5) is 0 Å². The molecule has 0 radical (unpaired) electrons. The number of likely N-dealkylation sites (tertiary alicyclic amines) is 1. The Bertz CT molecular complexity index is 219. The zero-order valence-corrected chi connectivity index (χ0v) is 9.08. The molecule has 0 aromatic carbocycles. The summed E-state index contributed by atoms with van der Waals surface area (Å²) in [5, 5.41) is 9.22. The predicted molar refractivity (Wildman–Crippen MR) is 56.7 cm³/mol. The van der Waals surface area contributed by atoms with E-state index < -0.39 is 0 Å². The van der Waals surface area contributed by atoms with E-state index in [1.165, 1.54) is 45.2 Å². The number of rotatable bonds is 2. The normalized spacial score (nSPS) is 28.0. The van der Waals surface area contributed by atoms with E-state index in [1.54, 1.807) is 0 Å². The molecule has 0 N–H and O–H groups in total. The van der Waals surface area contributed by atoms with Gasteiger partial charge in [-0.05, 0) is 57.7 Å². The van der Waals surface area contributed by atoms with Crippen molar-refractivity contribution in [1.29, 1.82) is 5.26 Å². The van der Waals surface area contributed by atoms with Gasteiger partial charge in [-0.25, -0.2) is 0 Å². The topological polar surface area (TPSA) is 27.0 Å². The summed E-state index contributed by atoms with van der Waals surface area (Å²) in [6.07, 6.45) is 6.46. The largest absolute Gasteiger partial charge is 0.306 e. The van der Waals surface area contributed by atoms with E-state index in [4.69, 9.17) is 0 Å². The predicted octanol–water partition coefficient (Wildman–Crippen LogP) is 2.27. The molecule has 2 aliphatic rings. The molecule has 1 aliphatic heterocycles.